The summed E-state index contributed by atoms with van der Waals surface area (Å²) in [7, 11) is 0. The molecule has 29 heavy (non-hydrogen) atoms. The molecular formula is C19H23ClF3N3O3. The molecule has 0 atom stereocenters. The van der Waals surface area contributed by atoms with Gasteiger partial charge in [-0.2, -0.15) is 18.3 Å². The van der Waals surface area contributed by atoms with Gasteiger partial charge >= 0.3 is 12.1 Å². The number of nitrogens with zero attached hydrogens (tertiary/aromatic N) is 3. The number of benzene rings is 1. The predicted octanol–water partition coefficient (Wildman–Crippen LogP) is 4.02. The van der Waals surface area contributed by atoms with Crippen molar-refractivity contribution in [1.82, 2.24) is 14.7 Å². The lowest BCUT2D eigenvalue weighted by Crippen LogP contribution is -2.39. The van der Waals surface area contributed by atoms with Gasteiger partial charge in [0, 0.05) is 25.8 Å². The van der Waals surface area contributed by atoms with Gasteiger partial charge in [0.2, 0.25) is 0 Å². The average Bonchev–Trinajstić information content (AvgIpc) is 3.08. The molecule has 0 spiro atoms. The molecule has 0 aliphatic carbocycles. The molecule has 6 nitrogen and oxygen atoms in total. The van der Waals surface area contributed by atoms with Crippen LogP contribution in [0.1, 0.15) is 18.5 Å². The second-order valence-electron chi connectivity index (χ2n) is 6.61. The van der Waals surface area contributed by atoms with Crippen molar-refractivity contribution >= 4 is 17.6 Å². The zero-order valence-electron chi connectivity index (χ0n) is 15.9. The lowest BCUT2D eigenvalue weighted by molar-refractivity contribution is -0.192. The SMILES string of the molecule is Cc1ccn(CCN2CCC(Oc3ccccc3Cl)CC2)n1.O=C(O)C(F)(F)F. The lowest BCUT2D eigenvalue weighted by atomic mass is 10.1. The molecule has 0 amide bonds. The monoisotopic (exact) mass is 433 g/mol. The first-order valence-corrected chi connectivity index (χ1v) is 9.46. The Kier molecular flexibility index (Phi) is 8.33. The van der Waals surface area contributed by atoms with E-state index in [-0.39, 0.29) is 6.10 Å². The molecule has 0 unspecified atom stereocenters. The minimum absolute atomic E-state index is 0.267. The molecule has 10 heteroatoms. The number of hydrogen-bond donors (Lipinski definition) is 1. The van der Waals surface area contributed by atoms with Gasteiger partial charge in [0.1, 0.15) is 11.9 Å². The van der Waals surface area contributed by atoms with Crippen LogP contribution in [0.5, 0.6) is 5.75 Å². The number of aliphatic carboxylic acids is 1. The Morgan fingerprint density at radius 2 is 1.86 bits per heavy atom. The van der Waals surface area contributed by atoms with E-state index in [9.17, 15) is 13.2 Å². The van der Waals surface area contributed by atoms with E-state index in [0.717, 1.165) is 50.5 Å². The maximum Gasteiger partial charge on any atom is 0.490 e. The van der Waals surface area contributed by atoms with Gasteiger partial charge in [-0.25, -0.2) is 4.79 Å². The first kappa shape index (κ1) is 23.0. The molecular weight excluding hydrogens is 411 g/mol. The highest BCUT2D eigenvalue weighted by molar-refractivity contribution is 6.32. The van der Waals surface area contributed by atoms with Gasteiger partial charge in [-0.3, -0.25) is 4.68 Å². The highest BCUT2D eigenvalue weighted by Gasteiger charge is 2.38. The summed E-state index contributed by atoms with van der Waals surface area (Å²) >= 11 is 6.15. The van der Waals surface area contributed by atoms with Crippen LogP contribution >= 0.6 is 11.6 Å². The maximum atomic E-state index is 10.6. The van der Waals surface area contributed by atoms with E-state index >= 15 is 0 Å². The van der Waals surface area contributed by atoms with Gasteiger partial charge in [-0.1, -0.05) is 23.7 Å². The van der Waals surface area contributed by atoms with E-state index in [1.807, 2.05) is 48.1 Å². The van der Waals surface area contributed by atoms with Crippen molar-refractivity contribution in [3.63, 3.8) is 0 Å². The number of likely N-dealkylation sites (tertiary alicyclic amines) is 1. The number of para-hydroxylation sites is 1. The van der Waals surface area contributed by atoms with E-state index in [1.165, 1.54) is 0 Å². The quantitative estimate of drug-likeness (QED) is 0.771. The first-order chi connectivity index (χ1) is 13.6. The minimum Gasteiger partial charge on any atom is -0.489 e. The summed E-state index contributed by atoms with van der Waals surface area (Å²) in [5, 5.41) is 12.2. The topological polar surface area (TPSA) is 67.6 Å². The Balaban J connectivity index is 0.000000370. The zero-order valence-corrected chi connectivity index (χ0v) is 16.7. The van der Waals surface area contributed by atoms with Gasteiger partial charge in [-0.15, -0.1) is 0 Å². The number of halogens is 4. The molecule has 2 aromatic rings. The van der Waals surface area contributed by atoms with Crippen molar-refractivity contribution < 1.29 is 27.8 Å². The number of rotatable bonds is 5. The summed E-state index contributed by atoms with van der Waals surface area (Å²) in [5.41, 5.74) is 1.08. The third-order valence-electron chi connectivity index (χ3n) is 4.33. The van der Waals surface area contributed by atoms with Gasteiger partial charge in [0.25, 0.3) is 0 Å². The molecule has 160 valence electrons. The smallest absolute Gasteiger partial charge is 0.489 e. The average molecular weight is 434 g/mol. The van der Waals surface area contributed by atoms with Gasteiger partial charge in [0.15, 0.2) is 0 Å². The summed E-state index contributed by atoms with van der Waals surface area (Å²) in [6.45, 7) is 6.14. The second kappa shape index (κ2) is 10.5. The van der Waals surface area contributed by atoms with Crippen LogP contribution in [0, 0.1) is 6.92 Å². The van der Waals surface area contributed by atoms with Crippen molar-refractivity contribution in [3.05, 3.63) is 47.2 Å². The Bertz CT molecular complexity index is 790. The zero-order chi connectivity index (χ0) is 21.4. The summed E-state index contributed by atoms with van der Waals surface area (Å²) in [6.07, 6.45) is -0.682. The van der Waals surface area contributed by atoms with E-state index in [0.29, 0.717) is 5.02 Å². The Hall–Kier alpha value is -2.26. The molecule has 1 saturated heterocycles. The molecule has 3 rings (SSSR count). The summed E-state index contributed by atoms with van der Waals surface area (Å²) in [5.74, 6) is -1.96. The third-order valence-corrected chi connectivity index (χ3v) is 4.64. The number of alkyl halides is 3. The van der Waals surface area contributed by atoms with Crippen LogP contribution in [0.15, 0.2) is 36.5 Å². The summed E-state index contributed by atoms with van der Waals surface area (Å²) < 4.78 is 39.8. The van der Waals surface area contributed by atoms with Gasteiger partial charge in [0.05, 0.1) is 17.3 Å². The van der Waals surface area contributed by atoms with Crippen molar-refractivity contribution in [3.8, 4) is 5.75 Å². The van der Waals surface area contributed by atoms with Crippen molar-refractivity contribution in [1.29, 1.82) is 0 Å². The number of aromatic nitrogens is 2. The van der Waals surface area contributed by atoms with Crippen molar-refractivity contribution in [2.45, 2.75) is 38.6 Å². The van der Waals surface area contributed by atoms with E-state index < -0.39 is 12.1 Å². The van der Waals surface area contributed by atoms with Crippen LogP contribution < -0.4 is 4.74 Å². The second-order valence-corrected chi connectivity index (χ2v) is 7.02. The molecule has 1 aliphatic heterocycles. The number of piperidine rings is 1. The van der Waals surface area contributed by atoms with E-state index in [4.69, 9.17) is 26.2 Å². The number of carboxylic acids is 1. The Morgan fingerprint density at radius 1 is 1.24 bits per heavy atom. The van der Waals surface area contributed by atoms with Crippen molar-refractivity contribution in [2.24, 2.45) is 0 Å². The fourth-order valence-electron chi connectivity index (χ4n) is 2.80. The minimum atomic E-state index is -5.08. The van der Waals surface area contributed by atoms with Crippen LogP contribution in [0.3, 0.4) is 0 Å². The molecule has 1 aliphatic rings. The third kappa shape index (κ3) is 7.94. The van der Waals surface area contributed by atoms with Gasteiger partial charge in [-0.05, 0) is 38.0 Å². The molecule has 1 aromatic carbocycles. The molecule has 1 fully saturated rings. The molecule has 1 aromatic heterocycles. The fourth-order valence-corrected chi connectivity index (χ4v) is 2.98. The van der Waals surface area contributed by atoms with E-state index in [1.54, 1.807) is 0 Å². The number of ether oxygens (including phenoxy) is 1. The lowest BCUT2D eigenvalue weighted by Gasteiger charge is -2.32. The number of carbonyl (C=O) groups is 1. The van der Waals surface area contributed by atoms with Crippen LogP contribution in [0.4, 0.5) is 13.2 Å². The fraction of sp³-hybridized carbons (Fsp3) is 0.474. The van der Waals surface area contributed by atoms with Crippen LogP contribution in [-0.2, 0) is 11.3 Å². The highest BCUT2D eigenvalue weighted by Crippen LogP contribution is 2.26. The molecule has 0 saturated carbocycles. The largest absolute Gasteiger partial charge is 0.490 e. The molecule has 0 radical (unpaired) electrons. The predicted molar refractivity (Wildman–Crippen MR) is 102 cm³/mol. The standard InChI is InChI=1S/C17H22ClN3O.C2HF3O2/c1-14-6-11-21(19-14)13-12-20-9-7-15(8-10-20)22-17-5-3-2-4-16(17)18;3-2(4,5)1(6)7/h2-6,11,15H,7-10,12-13H2,1H3;(H,6,7). The van der Waals surface area contributed by atoms with E-state index in [2.05, 4.69) is 10.00 Å². The Labute approximate surface area is 171 Å². The Morgan fingerprint density at radius 3 is 2.38 bits per heavy atom. The van der Waals surface area contributed by atoms with Gasteiger partial charge < -0.3 is 14.7 Å². The maximum absolute atomic E-state index is 10.6. The number of aryl methyl sites for hydroxylation is 1. The summed E-state index contributed by atoms with van der Waals surface area (Å²) in [6, 6.07) is 9.74. The number of hydrogen-bond acceptors (Lipinski definition) is 4. The first-order valence-electron chi connectivity index (χ1n) is 9.09. The van der Waals surface area contributed by atoms with Crippen LogP contribution in [0.2, 0.25) is 5.02 Å². The van der Waals surface area contributed by atoms with Crippen molar-refractivity contribution in [2.75, 3.05) is 19.6 Å². The van der Waals surface area contributed by atoms with Crippen LogP contribution in [0.25, 0.3) is 0 Å². The number of carboxylic acid groups (broad SMARTS) is 1. The van der Waals surface area contributed by atoms with Crippen LogP contribution in [-0.4, -0.2) is 57.7 Å². The molecule has 1 N–H and O–H groups in total. The summed E-state index contributed by atoms with van der Waals surface area (Å²) in [4.78, 5) is 11.4. The highest BCUT2D eigenvalue weighted by atomic mass is 35.5. The molecule has 0 bridgehead atoms. The molecule has 2 heterocycles. The normalized spacial score (nSPS) is 15.5.